The van der Waals surface area contributed by atoms with E-state index < -0.39 is 17.9 Å². The number of ether oxygens (including phenoxy) is 1. The van der Waals surface area contributed by atoms with E-state index in [2.05, 4.69) is 78.2 Å². The van der Waals surface area contributed by atoms with E-state index in [-0.39, 0.29) is 29.7 Å². The van der Waals surface area contributed by atoms with Crippen LogP contribution in [0.5, 0.6) is 0 Å². The lowest BCUT2D eigenvalue weighted by Crippen LogP contribution is -2.53. The third kappa shape index (κ3) is 9.32. The van der Waals surface area contributed by atoms with Gasteiger partial charge in [0.05, 0.1) is 29.2 Å². The molecule has 2 saturated heterocycles. The Morgan fingerprint density at radius 1 is 1.08 bits per heavy atom. The van der Waals surface area contributed by atoms with Crippen LogP contribution in [0.4, 0.5) is 40.3 Å². The Balaban J connectivity index is 0.819. The van der Waals surface area contributed by atoms with Crippen molar-refractivity contribution in [3.05, 3.63) is 108 Å². The number of carbonyl (C=O) groups is 2. The number of nitrogens with one attached hydrogen (secondary N) is 4. The smallest absolute Gasteiger partial charge is 0.256 e. The van der Waals surface area contributed by atoms with Crippen molar-refractivity contribution in [3.63, 3.8) is 0 Å². The first kappa shape index (κ1) is 43.2. The number of rotatable bonds is 14. The molecule has 16 heteroatoms. The van der Waals surface area contributed by atoms with E-state index in [0.717, 1.165) is 73.0 Å². The van der Waals surface area contributed by atoms with E-state index in [0.29, 0.717) is 62.2 Å². The molecule has 6 N–H and O–H groups in total. The number of para-hydroxylation sites is 1. The highest BCUT2D eigenvalue weighted by Gasteiger charge is 2.40. The SMILES string of the molecule is C=CCNC(=O)c1cnc(Nc2ccc(N3CCN(CCOCC#Cc4cccc5c4N(C)C(=C)N5C4CCC(O)NC4=O)CC3)cc2)nc1Nc1ccc2c(n1)[C@@](O)(CC)CC2. The molecule has 1 aliphatic carbocycles. The Hall–Kier alpha value is -6.51. The quantitative estimate of drug-likeness (QED) is 0.0599. The zero-order valence-electron chi connectivity index (χ0n) is 35.9. The summed E-state index contributed by atoms with van der Waals surface area (Å²) in [6, 6.07) is 17.4. The maximum atomic E-state index is 13.1. The first-order chi connectivity index (χ1) is 30.5. The summed E-state index contributed by atoms with van der Waals surface area (Å²) in [4.78, 5) is 48.3. The van der Waals surface area contributed by atoms with Gasteiger partial charge in [0.15, 0.2) is 0 Å². The zero-order chi connectivity index (χ0) is 44.1. The van der Waals surface area contributed by atoms with Crippen LogP contribution in [0.15, 0.2) is 85.8 Å². The van der Waals surface area contributed by atoms with E-state index in [9.17, 15) is 19.8 Å². The number of nitrogens with zero attached hydrogens (tertiary/aromatic N) is 7. The standard InChI is InChI=1S/C47H55N11O5/c1-5-22-48-44(60)36-30-49-46(54-43(36)52-39-18-12-33-20-21-47(62,6-2)42(33)51-39)50-34-13-15-35(16-14-34)57-25-23-56(24-26-57)27-29-63-28-8-10-32-9-7-11-37-41(32)55(4)31(3)58(37)38-17-19-40(59)53-45(38)61/h5,7,9,11-16,18,30,38,40,59,62H,1,3,6,17,19-29H2,2,4H3,(H,48,60)(H,53,61)(H2,49,50,51,52,54)/t38?,40?,47-/m1/s1. The molecule has 5 heterocycles. The predicted octanol–water partition coefficient (Wildman–Crippen LogP) is 4.33. The summed E-state index contributed by atoms with van der Waals surface area (Å²) in [5, 5.41) is 32.9. The van der Waals surface area contributed by atoms with E-state index in [4.69, 9.17) is 9.72 Å². The fourth-order valence-corrected chi connectivity index (χ4v) is 8.60. The fraction of sp³-hybridized carbons (Fsp3) is 0.383. The molecule has 2 unspecified atom stereocenters. The normalized spacial score (nSPS) is 20.7. The number of aliphatic hydroxyl groups excluding tert-OH is 1. The van der Waals surface area contributed by atoms with E-state index >= 15 is 0 Å². The highest BCUT2D eigenvalue weighted by molar-refractivity contribution is 5.99. The maximum absolute atomic E-state index is 13.1. The van der Waals surface area contributed by atoms with Gasteiger partial charge in [-0.25, -0.2) is 9.97 Å². The molecule has 3 aliphatic heterocycles. The minimum Gasteiger partial charge on any atom is -0.384 e. The number of fused-ring (bicyclic) bond motifs is 2. The van der Waals surface area contributed by atoms with Gasteiger partial charge in [0, 0.05) is 63.9 Å². The molecular weight excluding hydrogens is 799 g/mol. The van der Waals surface area contributed by atoms with E-state index in [1.807, 2.05) is 66.2 Å². The Bertz CT molecular complexity index is 2430. The van der Waals surface area contributed by atoms with Gasteiger partial charge >= 0.3 is 0 Å². The molecule has 2 aromatic heterocycles. The van der Waals surface area contributed by atoms with Gasteiger partial charge in [0.1, 0.15) is 47.5 Å². The average molecular weight is 854 g/mol. The molecule has 0 radical (unpaired) electrons. The number of benzene rings is 2. The summed E-state index contributed by atoms with van der Waals surface area (Å²) in [7, 11) is 1.93. The number of aliphatic hydroxyl groups is 2. The van der Waals surface area contributed by atoms with Crippen molar-refractivity contribution in [2.24, 2.45) is 0 Å². The lowest BCUT2D eigenvalue weighted by molar-refractivity contribution is -0.128. The molecule has 63 heavy (non-hydrogen) atoms. The van der Waals surface area contributed by atoms with Crippen molar-refractivity contribution in [3.8, 4) is 11.8 Å². The van der Waals surface area contributed by atoms with Gasteiger partial charge in [0.25, 0.3) is 5.91 Å². The Morgan fingerprint density at radius 2 is 1.89 bits per heavy atom. The molecule has 4 aliphatic rings. The fourth-order valence-electron chi connectivity index (χ4n) is 8.60. The second-order valence-electron chi connectivity index (χ2n) is 16.2. The second kappa shape index (κ2) is 18.9. The third-order valence-corrected chi connectivity index (χ3v) is 12.2. The number of hydrogen-bond acceptors (Lipinski definition) is 14. The van der Waals surface area contributed by atoms with Crippen LogP contribution in [-0.4, -0.2) is 114 Å². The lowest BCUT2D eigenvalue weighted by atomic mass is 9.98. The van der Waals surface area contributed by atoms with Gasteiger partial charge in [-0.2, -0.15) is 4.98 Å². The van der Waals surface area contributed by atoms with Crippen LogP contribution in [0.3, 0.4) is 0 Å². The molecule has 8 rings (SSSR count). The average Bonchev–Trinajstić information content (AvgIpc) is 3.76. The predicted molar refractivity (Wildman–Crippen MR) is 244 cm³/mol. The van der Waals surface area contributed by atoms with Gasteiger partial charge in [-0.15, -0.1) is 6.58 Å². The highest BCUT2D eigenvalue weighted by Crippen LogP contribution is 2.44. The van der Waals surface area contributed by atoms with Crippen molar-refractivity contribution >= 4 is 52.1 Å². The molecule has 0 saturated carbocycles. The first-order valence-corrected chi connectivity index (χ1v) is 21.6. The monoisotopic (exact) mass is 853 g/mol. The number of amides is 2. The minimum atomic E-state index is -0.974. The van der Waals surface area contributed by atoms with Gasteiger partial charge in [-0.3, -0.25) is 14.5 Å². The minimum absolute atomic E-state index is 0.212. The van der Waals surface area contributed by atoms with Crippen LogP contribution in [-0.2, 0) is 21.6 Å². The maximum Gasteiger partial charge on any atom is 0.256 e. The molecule has 2 aromatic carbocycles. The first-order valence-electron chi connectivity index (χ1n) is 21.6. The largest absolute Gasteiger partial charge is 0.384 e. The number of carbonyl (C=O) groups excluding carboxylic acids is 2. The molecule has 0 spiro atoms. The van der Waals surface area contributed by atoms with Crippen LogP contribution in [0, 0.1) is 11.8 Å². The summed E-state index contributed by atoms with van der Waals surface area (Å²) in [5.41, 5.74) is 5.49. The van der Waals surface area contributed by atoms with Crippen molar-refractivity contribution in [1.29, 1.82) is 0 Å². The highest BCUT2D eigenvalue weighted by atomic mass is 16.5. The third-order valence-electron chi connectivity index (χ3n) is 12.2. The Morgan fingerprint density at radius 3 is 2.65 bits per heavy atom. The van der Waals surface area contributed by atoms with E-state index in [1.165, 1.54) is 6.20 Å². The van der Waals surface area contributed by atoms with E-state index in [1.54, 1.807) is 6.08 Å². The number of aryl methyl sites for hydroxylation is 1. The van der Waals surface area contributed by atoms with Crippen LogP contribution in [0.1, 0.15) is 59.8 Å². The molecule has 3 atom stereocenters. The number of hydrogen-bond donors (Lipinski definition) is 6. The molecule has 4 aromatic rings. The van der Waals surface area contributed by atoms with Crippen LogP contribution < -0.4 is 36.0 Å². The number of piperidine rings is 1. The van der Waals surface area contributed by atoms with Crippen LogP contribution in [0.25, 0.3) is 0 Å². The number of anilines is 7. The Kier molecular flexibility index (Phi) is 12.9. The molecule has 0 bridgehead atoms. The number of piperazine rings is 1. The van der Waals surface area contributed by atoms with Crippen LogP contribution in [0.2, 0.25) is 0 Å². The molecule has 2 fully saturated rings. The van der Waals surface area contributed by atoms with Crippen molar-refractivity contribution in [1.82, 2.24) is 30.5 Å². The van der Waals surface area contributed by atoms with Crippen molar-refractivity contribution < 1.29 is 24.5 Å². The van der Waals surface area contributed by atoms with Crippen LogP contribution >= 0.6 is 0 Å². The Labute approximate surface area is 368 Å². The number of aromatic nitrogens is 3. The summed E-state index contributed by atoms with van der Waals surface area (Å²) in [6.07, 6.45) is 5.23. The molecule has 16 nitrogen and oxygen atoms in total. The number of pyridine rings is 1. The van der Waals surface area contributed by atoms with Crippen molar-refractivity contribution in [2.45, 2.75) is 56.9 Å². The molecular formula is C47H55N11O5. The zero-order valence-corrected chi connectivity index (χ0v) is 35.9. The molecule has 2 amide bonds. The lowest BCUT2D eigenvalue weighted by Gasteiger charge is -2.36. The van der Waals surface area contributed by atoms with Gasteiger partial charge in [-0.1, -0.05) is 43.6 Å². The topological polar surface area (TPSA) is 184 Å². The molecule has 328 valence electrons. The second-order valence-corrected chi connectivity index (χ2v) is 16.2. The summed E-state index contributed by atoms with van der Waals surface area (Å²) in [5.74, 6) is 7.63. The van der Waals surface area contributed by atoms with Gasteiger partial charge in [0.2, 0.25) is 11.9 Å². The van der Waals surface area contributed by atoms with Crippen molar-refractivity contribution in [2.75, 3.05) is 84.9 Å². The van der Waals surface area contributed by atoms with Gasteiger partial charge < -0.3 is 50.9 Å². The summed E-state index contributed by atoms with van der Waals surface area (Å²) in [6.45, 7) is 15.4. The summed E-state index contributed by atoms with van der Waals surface area (Å²) < 4.78 is 5.93. The summed E-state index contributed by atoms with van der Waals surface area (Å²) >= 11 is 0. The van der Waals surface area contributed by atoms with Gasteiger partial charge in [-0.05, 0) is 80.1 Å².